The van der Waals surface area contributed by atoms with E-state index in [9.17, 15) is 9.90 Å². The van der Waals surface area contributed by atoms with Crippen LogP contribution in [0, 0.1) is 22.7 Å². The number of aromatic nitrogens is 3. The van der Waals surface area contributed by atoms with Gasteiger partial charge in [0, 0.05) is 6.42 Å². The third-order valence-electron chi connectivity index (χ3n) is 4.49. The second kappa shape index (κ2) is 7.51. The first-order chi connectivity index (χ1) is 13.1. The predicted molar refractivity (Wildman–Crippen MR) is 95.4 cm³/mol. The van der Waals surface area contributed by atoms with E-state index in [1.165, 1.54) is 12.7 Å². The first kappa shape index (κ1) is 17.8. The third-order valence-corrected chi connectivity index (χ3v) is 4.49. The Hall–Kier alpha value is -3.97. The van der Waals surface area contributed by atoms with Crippen LogP contribution >= 0.6 is 0 Å². The van der Waals surface area contributed by atoms with Crippen molar-refractivity contribution >= 4 is 5.97 Å². The van der Waals surface area contributed by atoms with Crippen molar-refractivity contribution in [1.82, 2.24) is 14.8 Å². The molecule has 1 heterocycles. The van der Waals surface area contributed by atoms with E-state index in [4.69, 9.17) is 10.5 Å². The van der Waals surface area contributed by atoms with Crippen LogP contribution in [-0.4, -0.2) is 25.8 Å². The predicted octanol–water partition coefficient (Wildman–Crippen LogP) is 2.68. The summed E-state index contributed by atoms with van der Waals surface area (Å²) in [5, 5.41) is 31.7. The van der Waals surface area contributed by atoms with Crippen LogP contribution in [0.1, 0.15) is 35.1 Å². The van der Waals surface area contributed by atoms with Crippen molar-refractivity contribution in [3.8, 4) is 12.1 Å². The standard InChI is InChI=1S/C20H15N5O2/c21-11-15-1-5-17(6-2-15)20(10-9-19(26)27,25-14-23-13-24-25)18-7-3-16(12-22)4-8-18/h1-8,13-14H,9-10H2,(H,26,27). The summed E-state index contributed by atoms with van der Waals surface area (Å²) in [4.78, 5) is 15.4. The molecule has 0 bridgehead atoms. The van der Waals surface area contributed by atoms with Crippen molar-refractivity contribution in [3.05, 3.63) is 83.4 Å². The van der Waals surface area contributed by atoms with Gasteiger partial charge in [0.05, 0.1) is 23.3 Å². The molecule has 7 nitrogen and oxygen atoms in total. The van der Waals surface area contributed by atoms with Gasteiger partial charge in [0.2, 0.25) is 0 Å². The molecule has 27 heavy (non-hydrogen) atoms. The zero-order chi connectivity index (χ0) is 19.3. The molecule has 0 unspecified atom stereocenters. The molecule has 1 N–H and O–H groups in total. The molecule has 0 radical (unpaired) electrons. The monoisotopic (exact) mass is 357 g/mol. The lowest BCUT2D eigenvalue weighted by molar-refractivity contribution is -0.137. The number of aliphatic carboxylic acids is 1. The van der Waals surface area contributed by atoms with Crippen LogP contribution in [0.25, 0.3) is 0 Å². The summed E-state index contributed by atoms with van der Waals surface area (Å²) in [7, 11) is 0. The van der Waals surface area contributed by atoms with Crippen LogP contribution < -0.4 is 0 Å². The Morgan fingerprint density at radius 2 is 1.52 bits per heavy atom. The second-order valence-electron chi connectivity index (χ2n) is 5.97. The van der Waals surface area contributed by atoms with Gasteiger partial charge in [-0.25, -0.2) is 9.67 Å². The highest BCUT2D eigenvalue weighted by Gasteiger charge is 2.37. The van der Waals surface area contributed by atoms with E-state index in [-0.39, 0.29) is 12.8 Å². The number of carbonyl (C=O) groups is 1. The number of hydrogen-bond donors (Lipinski definition) is 1. The van der Waals surface area contributed by atoms with Crippen molar-refractivity contribution in [2.45, 2.75) is 18.4 Å². The molecule has 3 rings (SSSR count). The number of carboxylic acid groups (broad SMARTS) is 1. The first-order valence-corrected chi connectivity index (χ1v) is 8.18. The topological polar surface area (TPSA) is 116 Å². The lowest BCUT2D eigenvalue weighted by Crippen LogP contribution is -2.37. The van der Waals surface area contributed by atoms with Crippen LogP contribution in [0.3, 0.4) is 0 Å². The van der Waals surface area contributed by atoms with Gasteiger partial charge >= 0.3 is 5.97 Å². The minimum atomic E-state index is -0.934. The average molecular weight is 357 g/mol. The summed E-state index contributed by atoms with van der Waals surface area (Å²) in [6.07, 6.45) is 3.06. The Kier molecular flexibility index (Phi) is 4.96. The van der Waals surface area contributed by atoms with Crippen molar-refractivity contribution in [2.75, 3.05) is 0 Å². The third kappa shape index (κ3) is 3.39. The Labute approximate surface area is 155 Å². The summed E-state index contributed by atoms with van der Waals surface area (Å²) in [5.74, 6) is -0.929. The molecule has 132 valence electrons. The van der Waals surface area contributed by atoms with Gasteiger partial charge in [-0.3, -0.25) is 4.79 Å². The SMILES string of the molecule is N#Cc1ccc(C(CCC(=O)O)(c2ccc(C#N)cc2)n2cncn2)cc1. The summed E-state index contributed by atoms with van der Waals surface area (Å²) in [6, 6.07) is 18.1. The first-order valence-electron chi connectivity index (χ1n) is 8.18. The van der Waals surface area contributed by atoms with Gasteiger partial charge in [-0.2, -0.15) is 15.6 Å². The molecular formula is C20H15N5O2. The fourth-order valence-electron chi connectivity index (χ4n) is 3.17. The maximum atomic E-state index is 11.3. The minimum absolute atomic E-state index is 0.0974. The minimum Gasteiger partial charge on any atom is -0.481 e. The van der Waals surface area contributed by atoms with Crippen molar-refractivity contribution < 1.29 is 9.90 Å². The van der Waals surface area contributed by atoms with Crippen molar-refractivity contribution in [1.29, 1.82) is 10.5 Å². The molecule has 0 spiro atoms. The number of benzene rings is 2. The molecule has 0 saturated carbocycles. The number of hydrogen-bond acceptors (Lipinski definition) is 5. The molecule has 0 aliphatic rings. The Bertz CT molecular complexity index is 953. The highest BCUT2D eigenvalue weighted by atomic mass is 16.4. The van der Waals surface area contributed by atoms with Gasteiger partial charge in [0.15, 0.2) is 0 Å². The van der Waals surface area contributed by atoms with Crippen molar-refractivity contribution in [3.63, 3.8) is 0 Å². The Morgan fingerprint density at radius 1 is 1.00 bits per heavy atom. The smallest absolute Gasteiger partial charge is 0.303 e. The molecule has 0 amide bonds. The molecule has 2 aromatic carbocycles. The van der Waals surface area contributed by atoms with Gasteiger partial charge in [0.25, 0.3) is 0 Å². The van der Waals surface area contributed by atoms with Gasteiger partial charge < -0.3 is 5.11 Å². The lowest BCUT2D eigenvalue weighted by atomic mass is 9.78. The lowest BCUT2D eigenvalue weighted by Gasteiger charge is -2.35. The summed E-state index contributed by atoms with van der Waals surface area (Å²) >= 11 is 0. The van der Waals surface area contributed by atoms with E-state index in [2.05, 4.69) is 22.2 Å². The molecule has 0 fully saturated rings. The van der Waals surface area contributed by atoms with E-state index in [0.29, 0.717) is 11.1 Å². The molecule has 7 heteroatoms. The molecule has 0 aliphatic heterocycles. The van der Waals surface area contributed by atoms with Gasteiger partial charge in [0.1, 0.15) is 18.2 Å². The molecular weight excluding hydrogens is 342 g/mol. The summed E-state index contributed by atoms with van der Waals surface area (Å²) < 4.78 is 1.62. The zero-order valence-corrected chi connectivity index (χ0v) is 14.3. The maximum Gasteiger partial charge on any atom is 0.303 e. The molecule has 0 atom stereocenters. The molecule has 0 saturated heterocycles. The highest BCUT2D eigenvalue weighted by Crippen LogP contribution is 2.38. The fraction of sp³-hybridized carbons (Fsp3) is 0.150. The normalized spacial score (nSPS) is 10.7. The van der Waals surface area contributed by atoms with E-state index < -0.39 is 11.5 Å². The van der Waals surface area contributed by atoms with Gasteiger partial charge in [-0.05, 0) is 41.8 Å². The fourth-order valence-corrected chi connectivity index (χ4v) is 3.17. The van der Waals surface area contributed by atoms with E-state index >= 15 is 0 Å². The number of nitriles is 2. The molecule has 0 aliphatic carbocycles. The maximum absolute atomic E-state index is 11.3. The molecule has 1 aromatic heterocycles. The Morgan fingerprint density at radius 3 is 1.89 bits per heavy atom. The van der Waals surface area contributed by atoms with Crippen LogP contribution in [-0.2, 0) is 10.3 Å². The van der Waals surface area contributed by atoms with Crippen LogP contribution in [0.15, 0.2) is 61.2 Å². The number of carboxylic acids is 1. The van der Waals surface area contributed by atoms with Gasteiger partial charge in [-0.15, -0.1) is 0 Å². The van der Waals surface area contributed by atoms with E-state index in [1.807, 2.05) is 0 Å². The summed E-state index contributed by atoms with van der Waals surface area (Å²) in [6.45, 7) is 0. The highest BCUT2D eigenvalue weighted by molar-refractivity contribution is 5.67. The zero-order valence-electron chi connectivity index (χ0n) is 14.3. The molecule has 3 aromatic rings. The number of rotatable bonds is 6. The number of nitrogens with zero attached hydrogens (tertiary/aromatic N) is 5. The van der Waals surface area contributed by atoms with Crippen LogP contribution in [0.2, 0.25) is 0 Å². The van der Waals surface area contributed by atoms with E-state index in [1.54, 1.807) is 53.2 Å². The largest absolute Gasteiger partial charge is 0.481 e. The summed E-state index contributed by atoms with van der Waals surface area (Å²) in [5.41, 5.74) is 1.63. The second-order valence-corrected chi connectivity index (χ2v) is 5.97. The van der Waals surface area contributed by atoms with E-state index in [0.717, 1.165) is 11.1 Å². The quantitative estimate of drug-likeness (QED) is 0.725. The Balaban J connectivity index is 2.25. The van der Waals surface area contributed by atoms with Gasteiger partial charge in [-0.1, -0.05) is 24.3 Å². The van der Waals surface area contributed by atoms with Crippen LogP contribution in [0.4, 0.5) is 0 Å². The van der Waals surface area contributed by atoms with Crippen LogP contribution in [0.5, 0.6) is 0 Å². The average Bonchev–Trinajstić information content (AvgIpc) is 3.24. The van der Waals surface area contributed by atoms with Crippen molar-refractivity contribution in [2.24, 2.45) is 0 Å².